The molecule has 116 valence electrons. The SMILES string of the molecule is CCC(=O)N1C(C(=O)NC(C)CC)CSC1c1ccoc1. The van der Waals surface area contributed by atoms with Gasteiger partial charge in [-0.1, -0.05) is 13.8 Å². The summed E-state index contributed by atoms with van der Waals surface area (Å²) in [6, 6.07) is 1.56. The summed E-state index contributed by atoms with van der Waals surface area (Å²) in [5.74, 6) is 0.546. The molecule has 6 heteroatoms. The lowest BCUT2D eigenvalue weighted by Crippen LogP contribution is -2.49. The molecule has 1 fully saturated rings. The average Bonchev–Trinajstić information content (AvgIpc) is 3.14. The molecule has 0 bridgehead atoms. The molecule has 1 aromatic heterocycles. The highest BCUT2D eigenvalue weighted by molar-refractivity contribution is 7.99. The van der Waals surface area contributed by atoms with E-state index in [2.05, 4.69) is 5.32 Å². The molecule has 1 aromatic rings. The van der Waals surface area contributed by atoms with E-state index in [1.54, 1.807) is 29.2 Å². The summed E-state index contributed by atoms with van der Waals surface area (Å²) < 4.78 is 5.11. The Morgan fingerprint density at radius 2 is 2.29 bits per heavy atom. The summed E-state index contributed by atoms with van der Waals surface area (Å²) in [5, 5.41) is 2.84. The van der Waals surface area contributed by atoms with Crippen molar-refractivity contribution in [3.63, 3.8) is 0 Å². The third kappa shape index (κ3) is 3.43. The maximum atomic E-state index is 12.4. The molecule has 5 nitrogen and oxygen atoms in total. The summed E-state index contributed by atoms with van der Waals surface area (Å²) in [4.78, 5) is 26.4. The highest BCUT2D eigenvalue weighted by atomic mass is 32.2. The van der Waals surface area contributed by atoms with E-state index in [1.165, 1.54) is 0 Å². The number of amides is 2. The van der Waals surface area contributed by atoms with E-state index in [9.17, 15) is 9.59 Å². The molecule has 2 rings (SSSR count). The summed E-state index contributed by atoms with van der Waals surface area (Å²) in [6.45, 7) is 5.82. The molecule has 3 atom stereocenters. The van der Waals surface area contributed by atoms with E-state index in [0.717, 1.165) is 12.0 Å². The number of nitrogens with one attached hydrogen (secondary N) is 1. The summed E-state index contributed by atoms with van der Waals surface area (Å²) in [6.07, 6.45) is 4.50. The van der Waals surface area contributed by atoms with Crippen molar-refractivity contribution in [1.29, 1.82) is 0 Å². The maximum absolute atomic E-state index is 12.4. The van der Waals surface area contributed by atoms with Gasteiger partial charge in [-0.3, -0.25) is 9.59 Å². The van der Waals surface area contributed by atoms with Gasteiger partial charge in [-0.25, -0.2) is 0 Å². The molecule has 0 aromatic carbocycles. The van der Waals surface area contributed by atoms with Crippen molar-refractivity contribution in [3.8, 4) is 0 Å². The Balaban J connectivity index is 2.18. The summed E-state index contributed by atoms with van der Waals surface area (Å²) in [5.41, 5.74) is 0.931. The van der Waals surface area contributed by atoms with Gasteiger partial charge in [0, 0.05) is 23.8 Å². The molecule has 2 amide bonds. The Kier molecular flexibility index (Phi) is 5.33. The highest BCUT2D eigenvalue weighted by Gasteiger charge is 2.42. The first kappa shape index (κ1) is 15.9. The van der Waals surface area contributed by atoms with Crippen LogP contribution in [0.15, 0.2) is 23.0 Å². The van der Waals surface area contributed by atoms with Gasteiger partial charge in [0.25, 0.3) is 0 Å². The van der Waals surface area contributed by atoms with Crippen molar-refractivity contribution < 1.29 is 14.0 Å². The van der Waals surface area contributed by atoms with E-state index >= 15 is 0 Å². The van der Waals surface area contributed by atoms with Crippen LogP contribution in [0.3, 0.4) is 0 Å². The third-order valence-corrected chi connectivity index (χ3v) is 5.05. The van der Waals surface area contributed by atoms with Gasteiger partial charge in [0.2, 0.25) is 11.8 Å². The standard InChI is InChI=1S/C15H22N2O3S/c1-4-10(3)16-14(19)12-9-21-15(11-6-7-20-8-11)17(12)13(18)5-2/h6-8,10,12,15H,4-5,9H2,1-3H3,(H,16,19). The fourth-order valence-corrected chi connectivity index (χ4v) is 3.74. The number of hydrogen-bond donors (Lipinski definition) is 1. The number of carbonyl (C=O) groups is 2. The second-order valence-corrected chi connectivity index (χ2v) is 6.34. The van der Waals surface area contributed by atoms with E-state index < -0.39 is 6.04 Å². The molecular formula is C15H22N2O3S. The Hall–Kier alpha value is -1.43. The largest absolute Gasteiger partial charge is 0.472 e. The number of hydrogen-bond acceptors (Lipinski definition) is 4. The summed E-state index contributed by atoms with van der Waals surface area (Å²) >= 11 is 1.61. The van der Waals surface area contributed by atoms with Gasteiger partial charge in [-0.2, -0.15) is 0 Å². The minimum atomic E-state index is -0.406. The zero-order chi connectivity index (χ0) is 15.4. The van der Waals surface area contributed by atoms with Crippen LogP contribution in [-0.2, 0) is 9.59 Å². The lowest BCUT2D eigenvalue weighted by atomic mass is 10.1. The van der Waals surface area contributed by atoms with Gasteiger partial charge in [-0.15, -0.1) is 11.8 Å². The first-order valence-corrected chi connectivity index (χ1v) is 8.38. The van der Waals surface area contributed by atoms with Crippen molar-refractivity contribution in [2.75, 3.05) is 5.75 Å². The van der Waals surface area contributed by atoms with Crippen molar-refractivity contribution >= 4 is 23.6 Å². The van der Waals surface area contributed by atoms with Gasteiger partial charge < -0.3 is 14.6 Å². The minimum Gasteiger partial charge on any atom is -0.472 e. The topological polar surface area (TPSA) is 62.6 Å². The van der Waals surface area contributed by atoms with Crippen molar-refractivity contribution in [3.05, 3.63) is 24.2 Å². The minimum absolute atomic E-state index is 0.00417. The number of nitrogens with zero attached hydrogens (tertiary/aromatic N) is 1. The Bertz CT molecular complexity index is 489. The Labute approximate surface area is 129 Å². The van der Waals surface area contributed by atoms with Gasteiger partial charge in [-0.05, 0) is 19.4 Å². The fourth-order valence-electron chi connectivity index (χ4n) is 2.31. The van der Waals surface area contributed by atoms with Gasteiger partial charge in [0.1, 0.15) is 11.4 Å². The smallest absolute Gasteiger partial charge is 0.243 e. The van der Waals surface area contributed by atoms with Crippen LogP contribution in [-0.4, -0.2) is 34.6 Å². The van der Waals surface area contributed by atoms with Crippen molar-refractivity contribution in [2.24, 2.45) is 0 Å². The Morgan fingerprint density at radius 1 is 1.52 bits per heavy atom. The normalized spacial score (nSPS) is 23.1. The van der Waals surface area contributed by atoms with Crippen LogP contribution in [0.4, 0.5) is 0 Å². The van der Waals surface area contributed by atoms with Crippen LogP contribution in [0, 0.1) is 0 Å². The number of thioether (sulfide) groups is 1. The monoisotopic (exact) mass is 310 g/mol. The third-order valence-electron chi connectivity index (χ3n) is 3.72. The molecule has 21 heavy (non-hydrogen) atoms. The van der Waals surface area contributed by atoms with E-state index in [4.69, 9.17) is 4.42 Å². The first-order valence-electron chi connectivity index (χ1n) is 7.33. The first-order chi connectivity index (χ1) is 10.1. The number of rotatable bonds is 5. The molecule has 2 heterocycles. The zero-order valence-electron chi connectivity index (χ0n) is 12.7. The van der Waals surface area contributed by atoms with Crippen molar-refractivity contribution in [1.82, 2.24) is 10.2 Å². The highest BCUT2D eigenvalue weighted by Crippen LogP contribution is 2.41. The predicted molar refractivity (Wildman–Crippen MR) is 82.7 cm³/mol. The lowest BCUT2D eigenvalue weighted by molar-refractivity contribution is -0.139. The van der Waals surface area contributed by atoms with Crippen LogP contribution in [0.5, 0.6) is 0 Å². The van der Waals surface area contributed by atoms with E-state index in [-0.39, 0.29) is 23.2 Å². The molecule has 1 N–H and O–H groups in total. The molecule has 1 aliphatic heterocycles. The van der Waals surface area contributed by atoms with Crippen LogP contribution < -0.4 is 5.32 Å². The molecule has 1 aliphatic rings. The van der Waals surface area contributed by atoms with Gasteiger partial charge in [0.15, 0.2) is 0 Å². The Morgan fingerprint density at radius 3 is 2.86 bits per heavy atom. The number of furan rings is 1. The van der Waals surface area contributed by atoms with Crippen LogP contribution in [0.25, 0.3) is 0 Å². The second kappa shape index (κ2) is 7.02. The average molecular weight is 310 g/mol. The molecule has 0 saturated carbocycles. The van der Waals surface area contributed by atoms with Crippen LogP contribution in [0.1, 0.15) is 44.6 Å². The van der Waals surface area contributed by atoms with Crippen LogP contribution in [0.2, 0.25) is 0 Å². The maximum Gasteiger partial charge on any atom is 0.243 e. The number of carbonyl (C=O) groups excluding carboxylic acids is 2. The lowest BCUT2D eigenvalue weighted by Gasteiger charge is -2.28. The van der Waals surface area contributed by atoms with Crippen LogP contribution >= 0.6 is 11.8 Å². The van der Waals surface area contributed by atoms with E-state index in [0.29, 0.717) is 12.2 Å². The quantitative estimate of drug-likeness (QED) is 0.908. The summed E-state index contributed by atoms with van der Waals surface area (Å²) in [7, 11) is 0. The van der Waals surface area contributed by atoms with Gasteiger partial charge in [0.05, 0.1) is 12.5 Å². The second-order valence-electron chi connectivity index (χ2n) is 5.23. The molecule has 3 unspecified atom stereocenters. The molecule has 0 spiro atoms. The zero-order valence-corrected chi connectivity index (χ0v) is 13.5. The van der Waals surface area contributed by atoms with Crippen molar-refractivity contribution in [2.45, 2.75) is 51.1 Å². The molecule has 1 saturated heterocycles. The predicted octanol–water partition coefficient (Wildman–Crippen LogP) is 2.55. The van der Waals surface area contributed by atoms with Gasteiger partial charge >= 0.3 is 0 Å². The molecule has 0 aliphatic carbocycles. The molecular weight excluding hydrogens is 288 g/mol. The van der Waals surface area contributed by atoms with E-state index in [1.807, 2.05) is 26.8 Å². The molecule has 0 radical (unpaired) electrons. The fraction of sp³-hybridized carbons (Fsp3) is 0.600.